The number of ether oxygens (including phenoxy) is 1. The zero-order valence-electron chi connectivity index (χ0n) is 14.7. The van der Waals surface area contributed by atoms with Gasteiger partial charge in [-0.25, -0.2) is 21.9 Å². The van der Waals surface area contributed by atoms with E-state index in [-0.39, 0.29) is 10.9 Å². The summed E-state index contributed by atoms with van der Waals surface area (Å²) in [7, 11) is -1.19. The van der Waals surface area contributed by atoms with Gasteiger partial charge in [-0.1, -0.05) is 13.8 Å². The van der Waals surface area contributed by atoms with E-state index in [9.17, 15) is 22.4 Å². The number of benzene rings is 1. The number of hydrogen-bond acceptors (Lipinski definition) is 5. The van der Waals surface area contributed by atoms with E-state index in [0.29, 0.717) is 0 Å². The molecule has 1 aromatic rings. The largest absolute Gasteiger partial charge is 0.452 e. The molecule has 1 aromatic carbocycles. The van der Waals surface area contributed by atoms with Crippen LogP contribution in [0, 0.1) is 5.82 Å². The number of nitrogens with zero attached hydrogens (tertiary/aromatic N) is 1. The Bertz CT molecular complexity index is 730. The van der Waals surface area contributed by atoms with Gasteiger partial charge in [-0.15, -0.1) is 0 Å². The molecule has 0 spiro atoms. The number of hydrogen-bond donors (Lipinski definition) is 1. The molecule has 0 aliphatic rings. The first-order chi connectivity index (χ1) is 11.6. The summed E-state index contributed by atoms with van der Waals surface area (Å²) >= 11 is 0. The van der Waals surface area contributed by atoms with Crippen LogP contribution in [-0.4, -0.2) is 51.3 Å². The summed E-state index contributed by atoms with van der Waals surface area (Å²) < 4.78 is 43.7. The second-order valence-electron chi connectivity index (χ2n) is 5.59. The number of nitrogens with one attached hydrogen (secondary N) is 1. The highest BCUT2D eigenvalue weighted by atomic mass is 32.2. The fourth-order valence-corrected chi connectivity index (χ4v) is 2.93. The molecule has 0 aliphatic heterocycles. The van der Waals surface area contributed by atoms with Gasteiger partial charge in [0.05, 0.1) is 10.5 Å². The van der Waals surface area contributed by atoms with E-state index < -0.39 is 39.9 Å². The van der Waals surface area contributed by atoms with Crippen molar-refractivity contribution in [3.8, 4) is 0 Å². The van der Waals surface area contributed by atoms with Crippen LogP contribution < -0.4 is 5.32 Å². The van der Waals surface area contributed by atoms with Gasteiger partial charge in [-0.05, 0) is 31.0 Å². The van der Waals surface area contributed by atoms with E-state index in [2.05, 4.69) is 5.32 Å². The first kappa shape index (κ1) is 21.0. The summed E-state index contributed by atoms with van der Waals surface area (Å²) in [6.45, 7) is 3.25. The summed E-state index contributed by atoms with van der Waals surface area (Å²) in [6.07, 6.45) is 1.46. The van der Waals surface area contributed by atoms with Gasteiger partial charge < -0.3 is 10.1 Å². The lowest BCUT2D eigenvalue weighted by Crippen LogP contribution is -2.37. The topological polar surface area (TPSA) is 92.8 Å². The van der Waals surface area contributed by atoms with Crippen LogP contribution >= 0.6 is 0 Å². The van der Waals surface area contributed by atoms with Crippen LogP contribution in [0.4, 0.5) is 4.39 Å². The maximum atomic E-state index is 13.8. The average Bonchev–Trinajstić information content (AvgIpc) is 2.57. The summed E-state index contributed by atoms with van der Waals surface area (Å²) in [6, 6.07) is 2.79. The van der Waals surface area contributed by atoms with Crippen LogP contribution in [0.15, 0.2) is 23.1 Å². The highest BCUT2D eigenvalue weighted by Crippen LogP contribution is 2.18. The highest BCUT2D eigenvalue weighted by Gasteiger charge is 2.22. The molecule has 0 heterocycles. The van der Waals surface area contributed by atoms with E-state index in [0.717, 1.165) is 35.3 Å². The van der Waals surface area contributed by atoms with Crippen LogP contribution in [0.3, 0.4) is 0 Å². The molecule has 0 saturated heterocycles. The second kappa shape index (κ2) is 8.91. The summed E-state index contributed by atoms with van der Waals surface area (Å²) in [4.78, 5) is 23.5. The van der Waals surface area contributed by atoms with Crippen LogP contribution in [0.2, 0.25) is 0 Å². The Morgan fingerprint density at radius 3 is 2.36 bits per heavy atom. The van der Waals surface area contributed by atoms with Crippen LogP contribution in [0.1, 0.15) is 37.0 Å². The van der Waals surface area contributed by atoms with Crippen LogP contribution in [-0.2, 0) is 19.6 Å². The van der Waals surface area contributed by atoms with E-state index >= 15 is 0 Å². The Kier molecular flexibility index (Phi) is 7.50. The molecule has 1 rings (SSSR count). The third-order valence-corrected chi connectivity index (χ3v) is 5.43. The van der Waals surface area contributed by atoms with Gasteiger partial charge >= 0.3 is 5.97 Å². The lowest BCUT2D eigenvalue weighted by molar-refractivity contribution is -0.125. The Hall–Kier alpha value is -2.00. The molecule has 0 bridgehead atoms. The van der Waals surface area contributed by atoms with Gasteiger partial charge in [0, 0.05) is 20.1 Å². The van der Waals surface area contributed by atoms with Gasteiger partial charge in [0.1, 0.15) is 5.82 Å². The SMILES string of the molecule is CCC(CC)NC(=O)COC(=O)c1cc(S(=O)(=O)N(C)C)ccc1F. The smallest absolute Gasteiger partial charge is 0.341 e. The minimum Gasteiger partial charge on any atom is -0.452 e. The summed E-state index contributed by atoms with van der Waals surface area (Å²) in [5.74, 6) is -2.53. The molecule has 0 fully saturated rings. The van der Waals surface area contributed by atoms with Crippen molar-refractivity contribution in [1.82, 2.24) is 9.62 Å². The molecular formula is C16H23FN2O5S. The number of carbonyl (C=O) groups is 2. The summed E-state index contributed by atoms with van der Waals surface area (Å²) in [5, 5.41) is 2.68. The molecule has 25 heavy (non-hydrogen) atoms. The van der Waals surface area contributed by atoms with E-state index in [1.165, 1.54) is 14.1 Å². The molecule has 0 aromatic heterocycles. The van der Waals surface area contributed by atoms with Gasteiger partial charge in [0.2, 0.25) is 10.0 Å². The monoisotopic (exact) mass is 374 g/mol. The highest BCUT2D eigenvalue weighted by molar-refractivity contribution is 7.89. The molecule has 1 amide bonds. The summed E-state index contributed by atoms with van der Waals surface area (Å²) in [5.41, 5.74) is -0.543. The Labute approximate surface area is 147 Å². The normalized spacial score (nSPS) is 11.6. The average molecular weight is 374 g/mol. The maximum Gasteiger partial charge on any atom is 0.341 e. The van der Waals surface area contributed by atoms with Crippen molar-refractivity contribution in [2.75, 3.05) is 20.7 Å². The predicted molar refractivity (Wildman–Crippen MR) is 90.1 cm³/mol. The van der Waals surface area contributed by atoms with Crippen molar-refractivity contribution in [2.24, 2.45) is 0 Å². The lowest BCUT2D eigenvalue weighted by Gasteiger charge is -2.15. The first-order valence-electron chi connectivity index (χ1n) is 7.82. The Balaban J connectivity index is 2.87. The Morgan fingerprint density at radius 1 is 1.24 bits per heavy atom. The molecule has 0 radical (unpaired) electrons. The zero-order valence-corrected chi connectivity index (χ0v) is 15.5. The minimum atomic E-state index is -3.82. The molecule has 0 aliphatic carbocycles. The van der Waals surface area contributed by atoms with Gasteiger partial charge in [0.15, 0.2) is 6.61 Å². The van der Waals surface area contributed by atoms with Gasteiger partial charge in [-0.3, -0.25) is 4.79 Å². The molecule has 9 heteroatoms. The third-order valence-electron chi connectivity index (χ3n) is 3.62. The van der Waals surface area contributed by atoms with Crippen LogP contribution in [0.5, 0.6) is 0 Å². The molecule has 140 valence electrons. The molecular weight excluding hydrogens is 351 g/mol. The number of esters is 1. The molecule has 0 saturated carbocycles. The molecule has 7 nitrogen and oxygen atoms in total. The number of amides is 1. The van der Waals surface area contributed by atoms with Crippen molar-refractivity contribution < 1.29 is 27.1 Å². The fraction of sp³-hybridized carbons (Fsp3) is 0.500. The predicted octanol–water partition coefficient (Wildman–Crippen LogP) is 1.54. The van der Waals surface area contributed by atoms with Crippen molar-refractivity contribution >= 4 is 21.9 Å². The van der Waals surface area contributed by atoms with Crippen molar-refractivity contribution in [3.63, 3.8) is 0 Å². The minimum absolute atomic E-state index is 0.0310. The number of halogens is 1. The fourth-order valence-electron chi connectivity index (χ4n) is 2.00. The zero-order chi connectivity index (χ0) is 19.2. The Morgan fingerprint density at radius 2 is 1.84 bits per heavy atom. The van der Waals surface area contributed by atoms with E-state index in [1.54, 1.807) is 0 Å². The maximum absolute atomic E-state index is 13.8. The lowest BCUT2D eigenvalue weighted by atomic mass is 10.2. The van der Waals surface area contributed by atoms with Crippen molar-refractivity contribution in [3.05, 3.63) is 29.6 Å². The number of carbonyl (C=O) groups excluding carboxylic acids is 2. The standard InChI is InChI=1S/C16H23FN2O5S/c1-5-11(6-2)18-15(20)10-24-16(21)13-9-12(7-8-14(13)17)25(22,23)19(3)4/h7-9,11H,5-6,10H2,1-4H3,(H,18,20). The third kappa shape index (κ3) is 5.50. The number of rotatable bonds is 8. The number of sulfonamides is 1. The second-order valence-corrected chi connectivity index (χ2v) is 7.74. The molecule has 0 atom stereocenters. The van der Waals surface area contributed by atoms with E-state index in [1.807, 2.05) is 13.8 Å². The molecule has 1 N–H and O–H groups in total. The molecule has 0 unspecified atom stereocenters. The van der Waals surface area contributed by atoms with Crippen LogP contribution in [0.25, 0.3) is 0 Å². The van der Waals surface area contributed by atoms with Crippen molar-refractivity contribution in [2.45, 2.75) is 37.6 Å². The van der Waals surface area contributed by atoms with Gasteiger partial charge in [-0.2, -0.15) is 0 Å². The van der Waals surface area contributed by atoms with E-state index in [4.69, 9.17) is 4.74 Å². The quantitative estimate of drug-likeness (QED) is 0.697. The van der Waals surface area contributed by atoms with Gasteiger partial charge in [0.25, 0.3) is 5.91 Å². The van der Waals surface area contributed by atoms with Crippen molar-refractivity contribution in [1.29, 1.82) is 0 Å². The first-order valence-corrected chi connectivity index (χ1v) is 9.26.